The van der Waals surface area contributed by atoms with Gasteiger partial charge in [0.25, 0.3) is 5.91 Å². The van der Waals surface area contributed by atoms with E-state index in [9.17, 15) is 18.0 Å². The van der Waals surface area contributed by atoms with Crippen molar-refractivity contribution in [1.82, 2.24) is 15.2 Å². The molecule has 2 aliphatic rings. The molecule has 1 N–H and O–H groups in total. The molecule has 0 aliphatic carbocycles. The molecule has 2 saturated heterocycles. The van der Waals surface area contributed by atoms with E-state index >= 15 is 0 Å². The highest BCUT2D eigenvalue weighted by Crippen LogP contribution is 2.36. The van der Waals surface area contributed by atoms with Gasteiger partial charge in [0.05, 0.1) is 4.88 Å². The first-order valence-corrected chi connectivity index (χ1v) is 9.56. The third-order valence-corrected chi connectivity index (χ3v) is 6.79. The first kappa shape index (κ1) is 17.7. The maximum absolute atomic E-state index is 13.0. The number of alkyl halides is 3. The molecule has 0 spiro atoms. The minimum absolute atomic E-state index is 0.120. The van der Waals surface area contributed by atoms with Gasteiger partial charge in [-0.3, -0.25) is 4.79 Å². The van der Waals surface area contributed by atoms with E-state index in [-0.39, 0.29) is 16.8 Å². The maximum Gasteiger partial charge on any atom is 0.433 e. The van der Waals surface area contributed by atoms with E-state index in [1.165, 1.54) is 6.07 Å². The van der Waals surface area contributed by atoms with Crippen molar-refractivity contribution in [2.75, 3.05) is 7.05 Å². The summed E-state index contributed by atoms with van der Waals surface area (Å²) >= 11 is 1.05. The normalized spacial score (nSPS) is 25.7. The number of hydrogen-bond donors (Lipinski definition) is 1. The molecule has 4 nitrogen and oxygen atoms in total. The van der Waals surface area contributed by atoms with Crippen LogP contribution < -0.4 is 5.32 Å². The van der Waals surface area contributed by atoms with Gasteiger partial charge in [0.2, 0.25) is 0 Å². The lowest BCUT2D eigenvalue weighted by molar-refractivity contribution is -0.140. The molecule has 0 aromatic carbocycles. The number of aromatic nitrogens is 1. The minimum atomic E-state index is -4.48. The molecule has 0 saturated carbocycles. The Balaban J connectivity index is 1.63. The lowest BCUT2D eigenvalue weighted by Gasteiger charge is -2.35. The van der Waals surface area contributed by atoms with E-state index in [2.05, 4.69) is 10.3 Å². The molecule has 2 aromatic heterocycles. The summed E-state index contributed by atoms with van der Waals surface area (Å²) in [5, 5.41) is 4.17. The number of aryl methyl sites for hydroxylation is 1. The zero-order valence-corrected chi connectivity index (χ0v) is 15.4. The Morgan fingerprint density at radius 3 is 2.54 bits per heavy atom. The molecule has 140 valence electrons. The van der Waals surface area contributed by atoms with Crippen molar-refractivity contribution in [2.24, 2.45) is 0 Å². The fourth-order valence-corrected chi connectivity index (χ4v) is 5.29. The average molecular weight is 383 g/mol. The summed E-state index contributed by atoms with van der Waals surface area (Å²) in [6.07, 6.45) is -0.329. The van der Waals surface area contributed by atoms with E-state index < -0.39 is 11.9 Å². The van der Waals surface area contributed by atoms with E-state index in [1.807, 2.05) is 0 Å². The van der Waals surface area contributed by atoms with Crippen LogP contribution in [0, 0.1) is 6.92 Å². The molecular formula is C18H20F3N3OS. The van der Waals surface area contributed by atoms with Crippen LogP contribution in [-0.4, -0.2) is 41.0 Å². The SMILES string of the molecule is Cc1c(C(=O)N(C)C2CC3CCC(C2)N3)sc2nc(C(F)(F)F)ccc12. The topological polar surface area (TPSA) is 45.2 Å². The van der Waals surface area contributed by atoms with Crippen LogP contribution in [0.2, 0.25) is 0 Å². The Hall–Kier alpha value is -1.67. The second-order valence-corrected chi connectivity index (χ2v) is 8.28. The molecule has 0 radical (unpaired) electrons. The molecule has 4 heterocycles. The number of nitrogens with one attached hydrogen (secondary N) is 1. The standard InChI is InChI=1S/C18H20F3N3OS/c1-9-13-5-6-14(18(19,20)21)23-16(13)26-15(9)17(25)24(2)12-7-10-3-4-11(8-12)22-10/h5-6,10-12,22H,3-4,7-8H2,1-2H3. The van der Waals surface area contributed by atoms with Crippen molar-refractivity contribution in [1.29, 1.82) is 0 Å². The summed E-state index contributed by atoms with van der Waals surface area (Å²) in [5.41, 5.74) is -0.214. The van der Waals surface area contributed by atoms with Crippen LogP contribution in [-0.2, 0) is 6.18 Å². The lowest BCUT2D eigenvalue weighted by Crippen LogP contribution is -2.48. The van der Waals surface area contributed by atoms with E-state index in [1.54, 1.807) is 18.9 Å². The summed E-state index contributed by atoms with van der Waals surface area (Å²) < 4.78 is 38.7. The number of pyridine rings is 1. The van der Waals surface area contributed by atoms with Crippen molar-refractivity contribution in [3.8, 4) is 0 Å². The summed E-state index contributed by atoms with van der Waals surface area (Å²) in [7, 11) is 1.80. The highest BCUT2D eigenvalue weighted by molar-refractivity contribution is 7.20. The third kappa shape index (κ3) is 2.99. The largest absolute Gasteiger partial charge is 0.433 e. The summed E-state index contributed by atoms with van der Waals surface area (Å²) in [6.45, 7) is 1.78. The van der Waals surface area contributed by atoms with Crippen LogP contribution in [0.3, 0.4) is 0 Å². The Kier molecular flexibility index (Phi) is 4.23. The molecule has 2 aromatic rings. The van der Waals surface area contributed by atoms with Gasteiger partial charge in [-0.1, -0.05) is 0 Å². The second kappa shape index (κ2) is 6.20. The van der Waals surface area contributed by atoms with Gasteiger partial charge in [-0.05, 0) is 50.3 Å². The van der Waals surface area contributed by atoms with Gasteiger partial charge in [0.1, 0.15) is 10.5 Å². The lowest BCUT2D eigenvalue weighted by atomic mass is 9.98. The quantitative estimate of drug-likeness (QED) is 0.853. The van der Waals surface area contributed by atoms with Crippen LogP contribution in [0.1, 0.15) is 46.6 Å². The van der Waals surface area contributed by atoms with Gasteiger partial charge < -0.3 is 10.2 Å². The predicted octanol–water partition coefficient (Wildman–Crippen LogP) is 3.98. The fraction of sp³-hybridized carbons (Fsp3) is 0.556. The monoisotopic (exact) mass is 383 g/mol. The zero-order chi connectivity index (χ0) is 18.6. The average Bonchev–Trinajstić information content (AvgIpc) is 3.11. The number of fused-ring (bicyclic) bond motifs is 3. The molecule has 2 atom stereocenters. The Labute approximate surface area is 153 Å². The Morgan fingerprint density at radius 1 is 1.27 bits per heavy atom. The molecule has 2 bridgehead atoms. The first-order chi connectivity index (χ1) is 12.2. The highest BCUT2D eigenvalue weighted by Gasteiger charge is 2.37. The number of rotatable bonds is 2. The number of halogens is 3. The van der Waals surface area contributed by atoms with Crippen LogP contribution in [0.4, 0.5) is 13.2 Å². The van der Waals surface area contributed by atoms with Crippen molar-refractivity contribution in [2.45, 2.75) is 56.9 Å². The van der Waals surface area contributed by atoms with Gasteiger partial charge in [0.15, 0.2) is 0 Å². The molecule has 26 heavy (non-hydrogen) atoms. The van der Waals surface area contributed by atoms with E-state index in [4.69, 9.17) is 0 Å². The van der Waals surface area contributed by atoms with Crippen molar-refractivity contribution in [3.05, 3.63) is 28.3 Å². The number of carbonyl (C=O) groups excluding carboxylic acids is 1. The maximum atomic E-state index is 13.0. The Morgan fingerprint density at radius 2 is 1.92 bits per heavy atom. The van der Waals surface area contributed by atoms with Crippen molar-refractivity contribution < 1.29 is 18.0 Å². The van der Waals surface area contributed by atoms with E-state index in [0.717, 1.165) is 43.1 Å². The number of nitrogens with zero attached hydrogens (tertiary/aromatic N) is 2. The predicted molar refractivity (Wildman–Crippen MR) is 94.4 cm³/mol. The molecule has 8 heteroatoms. The van der Waals surface area contributed by atoms with Crippen molar-refractivity contribution in [3.63, 3.8) is 0 Å². The van der Waals surface area contributed by atoms with Gasteiger partial charge in [-0.2, -0.15) is 13.2 Å². The summed E-state index contributed by atoms with van der Waals surface area (Å²) in [6, 6.07) is 3.50. The molecule has 2 unspecified atom stereocenters. The van der Waals surface area contributed by atoms with Gasteiger partial charge in [-0.15, -0.1) is 11.3 Å². The summed E-state index contributed by atoms with van der Waals surface area (Å²) in [4.78, 5) is 19.3. The molecule has 2 aliphatic heterocycles. The number of amides is 1. The molecular weight excluding hydrogens is 363 g/mol. The molecule has 4 rings (SSSR count). The number of piperidine rings is 1. The molecule has 2 fully saturated rings. The van der Waals surface area contributed by atoms with Gasteiger partial charge in [-0.25, -0.2) is 4.98 Å². The third-order valence-electron chi connectivity index (χ3n) is 5.60. The molecule has 1 amide bonds. The number of carbonyl (C=O) groups is 1. The second-order valence-electron chi connectivity index (χ2n) is 7.28. The van der Waals surface area contributed by atoms with Crippen LogP contribution >= 0.6 is 11.3 Å². The van der Waals surface area contributed by atoms with Crippen LogP contribution in [0.5, 0.6) is 0 Å². The summed E-state index contributed by atoms with van der Waals surface area (Å²) in [5.74, 6) is -0.120. The zero-order valence-electron chi connectivity index (χ0n) is 14.6. The van der Waals surface area contributed by atoms with Crippen molar-refractivity contribution >= 4 is 27.5 Å². The fourth-order valence-electron chi connectivity index (χ4n) is 4.13. The number of hydrogen-bond acceptors (Lipinski definition) is 4. The minimum Gasteiger partial charge on any atom is -0.338 e. The van der Waals surface area contributed by atoms with Gasteiger partial charge in [0, 0.05) is 30.6 Å². The van der Waals surface area contributed by atoms with Crippen LogP contribution in [0.25, 0.3) is 10.2 Å². The van der Waals surface area contributed by atoms with Crippen LogP contribution in [0.15, 0.2) is 12.1 Å². The highest BCUT2D eigenvalue weighted by atomic mass is 32.1. The Bertz CT molecular complexity index is 851. The van der Waals surface area contributed by atoms with E-state index in [0.29, 0.717) is 27.9 Å². The number of thiophene rings is 1. The van der Waals surface area contributed by atoms with Gasteiger partial charge >= 0.3 is 6.18 Å². The smallest absolute Gasteiger partial charge is 0.338 e. The first-order valence-electron chi connectivity index (χ1n) is 8.74.